The summed E-state index contributed by atoms with van der Waals surface area (Å²) in [5, 5.41) is 2.81. The minimum Gasteiger partial charge on any atom is -0.325 e. The quantitative estimate of drug-likeness (QED) is 0.908. The maximum atomic E-state index is 12.3. The number of carbonyl (C=O) groups excluding carboxylic acids is 2. The average Bonchev–Trinajstić information content (AvgIpc) is 2.72. The van der Waals surface area contributed by atoms with Gasteiger partial charge in [-0.3, -0.25) is 9.59 Å². The van der Waals surface area contributed by atoms with Crippen molar-refractivity contribution >= 4 is 23.2 Å². The molecule has 1 aliphatic rings. The van der Waals surface area contributed by atoms with Crippen LogP contribution in [-0.4, -0.2) is 18.4 Å². The molecular weight excluding hydrogens is 240 g/mol. The van der Waals surface area contributed by atoms with Gasteiger partial charge in [0.25, 0.3) is 0 Å². The molecule has 0 bridgehead atoms. The second-order valence-electron chi connectivity index (χ2n) is 5.39. The molecule has 19 heavy (non-hydrogen) atoms. The molecule has 1 N–H and O–H groups in total. The van der Waals surface area contributed by atoms with E-state index in [1.54, 1.807) is 4.90 Å². The van der Waals surface area contributed by atoms with Crippen LogP contribution in [0.3, 0.4) is 0 Å². The summed E-state index contributed by atoms with van der Waals surface area (Å²) in [6.45, 7) is 6.26. The van der Waals surface area contributed by atoms with Gasteiger partial charge in [0.05, 0.1) is 11.4 Å². The van der Waals surface area contributed by atoms with Crippen molar-refractivity contribution in [1.29, 1.82) is 0 Å². The van der Waals surface area contributed by atoms with Crippen molar-refractivity contribution in [2.45, 2.75) is 33.6 Å². The van der Waals surface area contributed by atoms with Crippen LogP contribution in [0.5, 0.6) is 0 Å². The van der Waals surface area contributed by atoms with Crippen molar-refractivity contribution in [3.05, 3.63) is 23.8 Å². The van der Waals surface area contributed by atoms with E-state index in [0.29, 0.717) is 18.9 Å². The van der Waals surface area contributed by atoms with Crippen molar-refractivity contribution in [2.24, 2.45) is 5.92 Å². The summed E-state index contributed by atoms with van der Waals surface area (Å²) in [6.07, 6.45) is 1.39. The number of nitrogens with zero attached hydrogens (tertiary/aromatic N) is 1. The standard InChI is InChI=1S/C15H20N2O2/c1-10(2)9-14(19)17-8-7-12-5-4-6-13(15(12)17)16-11(3)18/h4-6,10H,7-9H2,1-3H3,(H,16,18). The molecule has 1 heterocycles. The normalized spacial score (nSPS) is 13.6. The fourth-order valence-electron chi connectivity index (χ4n) is 2.46. The van der Waals surface area contributed by atoms with Gasteiger partial charge in [0.2, 0.25) is 11.8 Å². The van der Waals surface area contributed by atoms with Crippen LogP contribution in [0.15, 0.2) is 18.2 Å². The summed E-state index contributed by atoms with van der Waals surface area (Å²) in [4.78, 5) is 25.3. The highest BCUT2D eigenvalue weighted by Crippen LogP contribution is 2.36. The third kappa shape index (κ3) is 2.95. The summed E-state index contributed by atoms with van der Waals surface area (Å²) in [6, 6.07) is 5.78. The first-order valence-corrected chi connectivity index (χ1v) is 6.69. The molecule has 0 saturated carbocycles. The second kappa shape index (κ2) is 5.43. The first kappa shape index (κ1) is 13.6. The number of carbonyl (C=O) groups is 2. The van der Waals surface area contributed by atoms with E-state index in [9.17, 15) is 9.59 Å². The number of para-hydroxylation sites is 1. The summed E-state index contributed by atoms with van der Waals surface area (Å²) in [5.41, 5.74) is 2.74. The van der Waals surface area contributed by atoms with E-state index in [1.807, 2.05) is 32.0 Å². The molecule has 0 fully saturated rings. The van der Waals surface area contributed by atoms with E-state index in [1.165, 1.54) is 6.92 Å². The minimum absolute atomic E-state index is 0.114. The van der Waals surface area contributed by atoms with Crippen LogP contribution in [0.1, 0.15) is 32.8 Å². The highest BCUT2D eigenvalue weighted by molar-refractivity contribution is 6.02. The molecule has 2 rings (SSSR count). The molecule has 0 aromatic heterocycles. The number of amides is 2. The summed E-state index contributed by atoms with van der Waals surface area (Å²) in [5.74, 6) is 0.354. The van der Waals surface area contributed by atoms with Crippen molar-refractivity contribution in [2.75, 3.05) is 16.8 Å². The van der Waals surface area contributed by atoms with Crippen molar-refractivity contribution in [3.8, 4) is 0 Å². The predicted molar refractivity (Wildman–Crippen MR) is 76.3 cm³/mol. The Hall–Kier alpha value is -1.84. The van der Waals surface area contributed by atoms with Crippen LogP contribution in [0.25, 0.3) is 0 Å². The maximum absolute atomic E-state index is 12.3. The van der Waals surface area contributed by atoms with Gasteiger partial charge in [-0.05, 0) is 24.0 Å². The van der Waals surface area contributed by atoms with Gasteiger partial charge in [-0.15, -0.1) is 0 Å². The zero-order valence-corrected chi connectivity index (χ0v) is 11.7. The molecule has 1 aliphatic heterocycles. The number of hydrogen-bond donors (Lipinski definition) is 1. The maximum Gasteiger partial charge on any atom is 0.227 e. The number of fused-ring (bicyclic) bond motifs is 1. The Bertz CT molecular complexity index is 509. The first-order valence-electron chi connectivity index (χ1n) is 6.69. The monoisotopic (exact) mass is 260 g/mol. The third-order valence-electron chi connectivity index (χ3n) is 3.19. The molecule has 0 unspecified atom stereocenters. The van der Waals surface area contributed by atoms with E-state index >= 15 is 0 Å². The SMILES string of the molecule is CC(=O)Nc1cccc2c1N(C(=O)CC(C)C)CC2. The van der Waals surface area contributed by atoms with E-state index in [0.717, 1.165) is 23.4 Å². The molecule has 2 amide bonds. The van der Waals surface area contributed by atoms with Crippen LogP contribution in [-0.2, 0) is 16.0 Å². The highest BCUT2D eigenvalue weighted by Gasteiger charge is 2.27. The van der Waals surface area contributed by atoms with Gasteiger partial charge in [0.1, 0.15) is 0 Å². The van der Waals surface area contributed by atoms with Crippen LogP contribution >= 0.6 is 0 Å². The number of nitrogens with one attached hydrogen (secondary N) is 1. The molecule has 0 spiro atoms. The fraction of sp³-hybridized carbons (Fsp3) is 0.467. The van der Waals surface area contributed by atoms with Gasteiger partial charge in [-0.2, -0.15) is 0 Å². The lowest BCUT2D eigenvalue weighted by atomic mass is 10.1. The first-order chi connectivity index (χ1) is 8.99. The lowest BCUT2D eigenvalue weighted by molar-refractivity contribution is -0.119. The van der Waals surface area contributed by atoms with Gasteiger partial charge >= 0.3 is 0 Å². The molecule has 4 heteroatoms. The predicted octanol–water partition coefficient (Wildman–Crippen LogP) is 2.58. The van der Waals surface area contributed by atoms with Gasteiger partial charge in [0, 0.05) is 19.9 Å². The summed E-state index contributed by atoms with van der Waals surface area (Å²) < 4.78 is 0. The molecule has 0 saturated heterocycles. The second-order valence-corrected chi connectivity index (χ2v) is 5.39. The number of anilines is 2. The van der Waals surface area contributed by atoms with Crippen molar-refractivity contribution < 1.29 is 9.59 Å². The molecule has 1 aromatic carbocycles. The van der Waals surface area contributed by atoms with Crippen molar-refractivity contribution in [1.82, 2.24) is 0 Å². The highest BCUT2D eigenvalue weighted by atomic mass is 16.2. The van der Waals surface area contributed by atoms with Gasteiger partial charge < -0.3 is 10.2 Å². The summed E-state index contributed by atoms with van der Waals surface area (Å²) >= 11 is 0. The van der Waals surface area contributed by atoms with Gasteiger partial charge in [-0.1, -0.05) is 26.0 Å². The lowest BCUT2D eigenvalue weighted by Crippen LogP contribution is -2.30. The van der Waals surface area contributed by atoms with E-state index in [-0.39, 0.29) is 11.8 Å². The third-order valence-corrected chi connectivity index (χ3v) is 3.19. The molecule has 0 aliphatic carbocycles. The Morgan fingerprint density at radius 2 is 2.11 bits per heavy atom. The van der Waals surface area contributed by atoms with Crippen molar-refractivity contribution in [3.63, 3.8) is 0 Å². The van der Waals surface area contributed by atoms with Gasteiger partial charge in [0.15, 0.2) is 0 Å². The fourth-order valence-corrected chi connectivity index (χ4v) is 2.46. The Kier molecular flexibility index (Phi) is 3.88. The Balaban J connectivity index is 2.31. The number of benzene rings is 1. The molecule has 0 radical (unpaired) electrons. The van der Waals surface area contributed by atoms with E-state index < -0.39 is 0 Å². The van der Waals surface area contributed by atoms with Crippen LogP contribution in [0.2, 0.25) is 0 Å². The van der Waals surface area contributed by atoms with Crippen LogP contribution < -0.4 is 10.2 Å². The Morgan fingerprint density at radius 1 is 1.37 bits per heavy atom. The van der Waals surface area contributed by atoms with E-state index in [4.69, 9.17) is 0 Å². The van der Waals surface area contributed by atoms with E-state index in [2.05, 4.69) is 5.32 Å². The topological polar surface area (TPSA) is 49.4 Å². The number of rotatable bonds is 3. The molecule has 1 aromatic rings. The molecule has 102 valence electrons. The lowest BCUT2D eigenvalue weighted by Gasteiger charge is -2.21. The molecule has 4 nitrogen and oxygen atoms in total. The average molecular weight is 260 g/mol. The molecule has 0 atom stereocenters. The Morgan fingerprint density at radius 3 is 2.74 bits per heavy atom. The molecular formula is C15H20N2O2. The zero-order chi connectivity index (χ0) is 14.0. The Labute approximate surface area is 113 Å². The van der Waals surface area contributed by atoms with Gasteiger partial charge in [-0.25, -0.2) is 0 Å². The zero-order valence-electron chi connectivity index (χ0n) is 11.7. The van der Waals surface area contributed by atoms with Crippen LogP contribution in [0, 0.1) is 5.92 Å². The minimum atomic E-state index is -0.114. The largest absolute Gasteiger partial charge is 0.325 e. The van der Waals surface area contributed by atoms with Crippen LogP contribution in [0.4, 0.5) is 11.4 Å². The summed E-state index contributed by atoms with van der Waals surface area (Å²) in [7, 11) is 0. The smallest absolute Gasteiger partial charge is 0.227 e. The number of hydrogen-bond acceptors (Lipinski definition) is 2.